The van der Waals surface area contributed by atoms with Crippen LogP contribution in [-0.2, 0) is 22.7 Å². The highest BCUT2D eigenvalue weighted by Crippen LogP contribution is 2.21. The Labute approximate surface area is 131 Å². The van der Waals surface area contributed by atoms with Crippen molar-refractivity contribution in [2.24, 2.45) is 5.92 Å². The molecule has 1 unspecified atom stereocenters. The van der Waals surface area contributed by atoms with Crippen LogP contribution >= 0.6 is 0 Å². The van der Waals surface area contributed by atoms with E-state index in [0.29, 0.717) is 13.1 Å². The molecule has 128 valence electrons. The minimum absolute atomic E-state index is 0.0290. The number of hydrogen-bond acceptors (Lipinski definition) is 3. The normalized spacial score (nSPS) is 18.6. The summed E-state index contributed by atoms with van der Waals surface area (Å²) in [6.45, 7) is 1.56. The van der Waals surface area contributed by atoms with Gasteiger partial charge in [-0.3, -0.25) is 9.59 Å². The first-order chi connectivity index (χ1) is 10.7. The summed E-state index contributed by atoms with van der Waals surface area (Å²) in [6.07, 6.45) is -1.69. The Morgan fingerprint density at radius 1 is 1.48 bits per heavy atom. The fourth-order valence-electron chi connectivity index (χ4n) is 2.67. The SMILES string of the molecule is CCN1CC(C(=O)N(C)Cc2nccn2CC(F)(F)F)CC1=O. The van der Waals surface area contributed by atoms with Crippen molar-refractivity contribution in [3.63, 3.8) is 0 Å². The predicted octanol–water partition coefficient (Wildman–Crippen LogP) is 1.27. The lowest BCUT2D eigenvalue weighted by atomic mass is 10.1. The van der Waals surface area contributed by atoms with Crippen LogP contribution in [0.5, 0.6) is 0 Å². The maximum Gasteiger partial charge on any atom is 0.406 e. The molecule has 0 aliphatic carbocycles. The van der Waals surface area contributed by atoms with Crippen LogP contribution in [0.2, 0.25) is 0 Å². The van der Waals surface area contributed by atoms with Gasteiger partial charge in [0.1, 0.15) is 12.4 Å². The van der Waals surface area contributed by atoms with Gasteiger partial charge in [0, 0.05) is 39.0 Å². The first kappa shape index (κ1) is 17.3. The summed E-state index contributed by atoms with van der Waals surface area (Å²) in [4.78, 5) is 30.9. The number of likely N-dealkylation sites (tertiary alicyclic amines) is 1. The second-order valence-corrected chi connectivity index (χ2v) is 5.61. The quantitative estimate of drug-likeness (QED) is 0.816. The lowest BCUT2D eigenvalue weighted by Crippen LogP contribution is -2.35. The molecule has 23 heavy (non-hydrogen) atoms. The van der Waals surface area contributed by atoms with Gasteiger partial charge in [0.15, 0.2) is 0 Å². The Hall–Kier alpha value is -2.06. The monoisotopic (exact) mass is 332 g/mol. The number of halogens is 3. The highest BCUT2D eigenvalue weighted by atomic mass is 19.4. The van der Waals surface area contributed by atoms with Crippen LogP contribution < -0.4 is 0 Å². The van der Waals surface area contributed by atoms with Crippen molar-refractivity contribution in [1.82, 2.24) is 19.4 Å². The zero-order valence-electron chi connectivity index (χ0n) is 13.0. The number of alkyl halides is 3. The van der Waals surface area contributed by atoms with Crippen LogP contribution in [0.15, 0.2) is 12.4 Å². The van der Waals surface area contributed by atoms with Gasteiger partial charge in [0.05, 0.1) is 12.5 Å². The van der Waals surface area contributed by atoms with E-state index in [9.17, 15) is 22.8 Å². The molecule has 9 heteroatoms. The summed E-state index contributed by atoms with van der Waals surface area (Å²) in [6, 6.07) is 0. The van der Waals surface area contributed by atoms with Crippen molar-refractivity contribution in [2.45, 2.75) is 32.6 Å². The number of carbonyl (C=O) groups is 2. The molecule has 1 aliphatic heterocycles. The molecule has 0 radical (unpaired) electrons. The van der Waals surface area contributed by atoms with Crippen LogP contribution in [0.4, 0.5) is 13.2 Å². The molecule has 1 aromatic heterocycles. The van der Waals surface area contributed by atoms with Crippen LogP contribution in [-0.4, -0.2) is 57.5 Å². The zero-order chi connectivity index (χ0) is 17.2. The number of nitrogens with zero attached hydrogens (tertiary/aromatic N) is 4. The van der Waals surface area contributed by atoms with E-state index in [0.717, 1.165) is 4.57 Å². The summed E-state index contributed by atoms with van der Waals surface area (Å²) in [5.41, 5.74) is 0. The fourth-order valence-corrected chi connectivity index (χ4v) is 2.67. The Kier molecular flexibility index (Phi) is 4.96. The van der Waals surface area contributed by atoms with E-state index in [-0.39, 0.29) is 30.6 Å². The number of hydrogen-bond donors (Lipinski definition) is 0. The first-order valence-electron chi connectivity index (χ1n) is 7.30. The highest BCUT2D eigenvalue weighted by molar-refractivity contribution is 5.89. The molecule has 2 heterocycles. The second-order valence-electron chi connectivity index (χ2n) is 5.61. The van der Waals surface area contributed by atoms with Crippen LogP contribution in [0.25, 0.3) is 0 Å². The number of imidazole rings is 1. The molecule has 0 aromatic carbocycles. The van der Waals surface area contributed by atoms with E-state index in [1.165, 1.54) is 24.3 Å². The molecule has 0 bridgehead atoms. The second kappa shape index (κ2) is 6.59. The van der Waals surface area contributed by atoms with E-state index in [2.05, 4.69) is 4.98 Å². The van der Waals surface area contributed by atoms with E-state index < -0.39 is 18.6 Å². The van der Waals surface area contributed by atoms with Crippen molar-refractivity contribution in [2.75, 3.05) is 20.1 Å². The van der Waals surface area contributed by atoms with Crippen molar-refractivity contribution in [3.05, 3.63) is 18.2 Å². The van der Waals surface area contributed by atoms with Crippen LogP contribution in [0, 0.1) is 5.92 Å². The maximum atomic E-state index is 12.5. The number of amides is 2. The molecular formula is C14H19F3N4O2. The molecule has 2 rings (SSSR count). The molecule has 6 nitrogen and oxygen atoms in total. The van der Waals surface area contributed by atoms with Crippen molar-refractivity contribution in [3.8, 4) is 0 Å². The number of carbonyl (C=O) groups excluding carboxylic acids is 2. The Morgan fingerprint density at radius 3 is 2.74 bits per heavy atom. The van der Waals surface area contributed by atoms with E-state index >= 15 is 0 Å². The number of aromatic nitrogens is 2. The Bertz CT molecular complexity index is 585. The van der Waals surface area contributed by atoms with Crippen LogP contribution in [0.1, 0.15) is 19.2 Å². The van der Waals surface area contributed by atoms with E-state index in [1.54, 1.807) is 4.90 Å². The summed E-state index contributed by atoms with van der Waals surface area (Å²) in [5.74, 6) is -0.609. The summed E-state index contributed by atoms with van der Waals surface area (Å²) >= 11 is 0. The molecule has 1 aromatic rings. The van der Waals surface area contributed by atoms with E-state index in [4.69, 9.17) is 0 Å². The van der Waals surface area contributed by atoms with Gasteiger partial charge in [0.25, 0.3) is 0 Å². The minimum atomic E-state index is -4.35. The van der Waals surface area contributed by atoms with Gasteiger partial charge in [-0.2, -0.15) is 13.2 Å². The Balaban J connectivity index is 2.00. The van der Waals surface area contributed by atoms with Crippen molar-refractivity contribution >= 4 is 11.8 Å². The molecule has 1 atom stereocenters. The third-order valence-corrected chi connectivity index (χ3v) is 3.85. The molecule has 0 N–H and O–H groups in total. The number of rotatable bonds is 5. The third kappa shape index (κ3) is 4.23. The highest BCUT2D eigenvalue weighted by Gasteiger charge is 2.35. The molecule has 2 amide bonds. The van der Waals surface area contributed by atoms with Crippen molar-refractivity contribution < 1.29 is 22.8 Å². The lowest BCUT2D eigenvalue weighted by Gasteiger charge is -2.21. The maximum absolute atomic E-state index is 12.5. The predicted molar refractivity (Wildman–Crippen MR) is 75.1 cm³/mol. The van der Waals surface area contributed by atoms with Gasteiger partial charge in [-0.15, -0.1) is 0 Å². The van der Waals surface area contributed by atoms with Gasteiger partial charge in [-0.1, -0.05) is 0 Å². The molecular weight excluding hydrogens is 313 g/mol. The Morgan fingerprint density at radius 2 is 2.17 bits per heavy atom. The average molecular weight is 332 g/mol. The lowest BCUT2D eigenvalue weighted by molar-refractivity contribution is -0.141. The smallest absolute Gasteiger partial charge is 0.342 e. The summed E-state index contributed by atoms with van der Waals surface area (Å²) in [7, 11) is 1.51. The minimum Gasteiger partial charge on any atom is -0.342 e. The average Bonchev–Trinajstić information content (AvgIpc) is 3.03. The first-order valence-corrected chi connectivity index (χ1v) is 7.30. The van der Waals surface area contributed by atoms with Gasteiger partial charge in [-0.05, 0) is 6.92 Å². The molecule has 1 aliphatic rings. The van der Waals surface area contributed by atoms with Gasteiger partial charge < -0.3 is 14.4 Å². The summed E-state index contributed by atoms with van der Waals surface area (Å²) < 4.78 is 38.5. The van der Waals surface area contributed by atoms with Gasteiger partial charge >= 0.3 is 6.18 Å². The van der Waals surface area contributed by atoms with E-state index in [1.807, 2.05) is 6.92 Å². The van der Waals surface area contributed by atoms with Crippen LogP contribution in [0.3, 0.4) is 0 Å². The topological polar surface area (TPSA) is 58.4 Å². The standard InChI is InChI=1S/C14H19F3N4O2/c1-3-20-7-10(6-12(20)22)13(23)19(2)8-11-18-4-5-21(11)9-14(15,16)17/h4-5,10H,3,6-9H2,1-2H3. The summed E-state index contributed by atoms with van der Waals surface area (Å²) in [5, 5.41) is 0. The molecule has 0 saturated carbocycles. The van der Waals surface area contributed by atoms with Crippen molar-refractivity contribution in [1.29, 1.82) is 0 Å². The van der Waals surface area contributed by atoms with Gasteiger partial charge in [-0.25, -0.2) is 4.98 Å². The molecule has 0 spiro atoms. The fraction of sp³-hybridized carbons (Fsp3) is 0.643. The zero-order valence-corrected chi connectivity index (χ0v) is 13.0. The van der Waals surface area contributed by atoms with Gasteiger partial charge in [0.2, 0.25) is 11.8 Å². The molecule has 1 saturated heterocycles. The molecule has 1 fully saturated rings. The third-order valence-electron chi connectivity index (χ3n) is 3.85. The largest absolute Gasteiger partial charge is 0.406 e.